The third-order valence-electron chi connectivity index (χ3n) is 3.09. The van der Waals surface area contributed by atoms with Crippen molar-refractivity contribution >= 4 is 11.6 Å². The van der Waals surface area contributed by atoms with Gasteiger partial charge in [0.05, 0.1) is 0 Å². The fraction of sp³-hybridized carbons (Fsp3) is 0.636. The number of hydrazine groups is 1. The normalized spacial score (nSPS) is 19.7. The highest BCUT2D eigenvalue weighted by molar-refractivity contribution is 5.49. The molecule has 2 rings (SSSR count). The van der Waals surface area contributed by atoms with Crippen molar-refractivity contribution in [3.8, 4) is 0 Å². The Labute approximate surface area is 101 Å². The van der Waals surface area contributed by atoms with Crippen molar-refractivity contribution in [2.75, 3.05) is 30.0 Å². The van der Waals surface area contributed by atoms with Gasteiger partial charge in [0.1, 0.15) is 17.5 Å². The highest BCUT2D eigenvalue weighted by Gasteiger charge is 2.23. The van der Waals surface area contributed by atoms with Crippen LogP contribution < -0.4 is 16.2 Å². The number of nitrogen functional groups attached to an aromatic ring is 1. The monoisotopic (exact) mass is 237 g/mol. The van der Waals surface area contributed by atoms with Crippen LogP contribution in [0.5, 0.6) is 0 Å². The predicted octanol–water partition coefficient (Wildman–Crippen LogP) is 0.143. The molecule has 0 amide bonds. The number of aliphatic hydroxyl groups excluding tert-OH is 1. The van der Waals surface area contributed by atoms with E-state index in [2.05, 4.69) is 20.3 Å². The molecule has 1 fully saturated rings. The Kier molecular flexibility index (Phi) is 3.75. The third kappa shape index (κ3) is 2.65. The molecule has 0 saturated carbocycles. The molecule has 17 heavy (non-hydrogen) atoms. The Bertz CT molecular complexity index is 362. The fourth-order valence-electron chi connectivity index (χ4n) is 2.07. The minimum Gasteiger partial charge on any atom is -0.396 e. The third-order valence-corrected chi connectivity index (χ3v) is 3.09. The zero-order chi connectivity index (χ0) is 12.3. The van der Waals surface area contributed by atoms with Gasteiger partial charge >= 0.3 is 0 Å². The molecular weight excluding hydrogens is 218 g/mol. The van der Waals surface area contributed by atoms with Crippen molar-refractivity contribution in [2.45, 2.75) is 19.8 Å². The van der Waals surface area contributed by atoms with E-state index in [-0.39, 0.29) is 6.61 Å². The summed E-state index contributed by atoms with van der Waals surface area (Å²) < 4.78 is 0. The molecule has 0 radical (unpaired) electrons. The first-order valence-electron chi connectivity index (χ1n) is 5.97. The molecule has 1 aromatic rings. The minimum atomic E-state index is 0.240. The predicted molar refractivity (Wildman–Crippen MR) is 66.6 cm³/mol. The Morgan fingerprint density at radius 1 is 1.59 bits per heavy atom. The molecule has 1 saturated heterocycles. The summed E-state index contributed by atoms with van der Waals surface area (Å²) in [5.74, 6) is 8.06. The van der Waals surface area contributed by atoms with Crippen LogP contribution in [0.1, 0.15) is 19.2 Å². The number of nitrogens with zero attached hydrogens (tertiary/aromatic N) is 3. The maximum Gasteiger partial charge on any atom is 0.145 e. The van der Waals surface area contributed by atoms with Gasteiger partial charge in [0.2, 0.25) is 0 Å². The van der Waals surface area contributed by atoms with Gasteiger partial charge in [-0.1, -0.05) is 6.92 Å². The van der Waals surface area contributed by atoms with Gasteiger partial charge in [-0.2, -0.15) is 0 Å². The summed E-state index contributed by atoms with van der Waals surface area (Å²) in [6, 6.07) is 1.85. The molecule has 0 bridgehead atoms. The Morgan fingerprint density at radius 2 is 2.41 bits per heavy atom. The second-order valence-corrected chi connectivity index (χ2v) is 4.31. The zero-order valence-electron chi connectivity index (χ0n) is 10.1. The summed E-state index contributed by atoms with van der Waals surface area (Å²) in [6.45, 7) is 4.03. The summed E-state index contributed by atoms with van der Waals surface area (Å²) in [7, 11) is 0. The summed E-state index contributed by atoms with van der Waals surface area (Å²) in [5, 5.41) is 9.14. The van der Waals surface area contributed by atoms with Crippen molar-refractivity contribution in [3.05, 3.63) is 11.9 Å². The molecule has 0 aromatic carbocycles. The van der Waals surface area contributed by atoms with Gasteiger partial charge in [0.25, 0.3) is 0 Å². The van der Waals surface area contributed by atoms with Crippen molar-refractivity contribution in [2.24, 2.45) is 11.8 Å². The minimum absolute atomic E-state index is 0.240. The molecule has 6 heteroatoms. The number of nitrogens with two attached hydrogens (primary N) is 1. The lowest BCUT2D eigenvalue weighted by Gasteiger charge is -2.18. The molecule has 4 N–H and O–H groups in total. The smallest absolute Gasteiger partial charge is 0.145 e. The standard InChI is InChI=1S/C11H19N5O/c1-2-9-13-10(15-12)5-11(14-9)16-4-3-8(6-16)7-17/h5,8,17H,2-4,6-7,12H2,1H3,(H,13,14,15). The van der Waals surface area contributed by atoms with Crippen molar-refractivity contribution in [3.63, 3.8) is 0 Å². The van der Waals surface area contributed by atoms with Crippen LogP contribution in [0.2, 0.25) is 0 Å². The van der Waals surface area contributed by atoms with E-state index >= 15 is 0 Å². The molecular formula is C11H19N5O. The highest BCUT2D eigenvalue weighted by atomic mass is 16.3. The Hall–Kier alpha value is -1.40. The van der Waals surface area contributed by atoms with E-state index in [0.717, 1.165) is 37.6 Å². The maximum absolute atomic E-state index is 9.14. The number of aromatic nitrogens is 2. The van der Waals surface area contributed by atoms with Crippen molar-refractivity contribution in [1.29, 1.82) is 0 Å². The number of hydrogen-bond acceptors (Lipinski definition) is 6. The van der Waals surface area contributed by atoms with Crippen molar-refractivity contribution < 1.29 is 5.11 Å². The van der Waals surface area contributed by atoms with E-state index in [1.807, 2.05) is 13.0 Å². The molecule has 94 valence electrons. The number of hydrogen-bond donors (Lipinski definition) is 3. The quantitative estimate of drug-likeness (QED) is 0.510. The first-order valence-corrected chi connectivity index (χ1v) is 5.97. The molecule has 6 nitrogen and oxygen atoms in total. The molecule has 1 aromatic heterocycles. The molecule has 1 unspecified atom stereocenters. The maximum atomic E-state index is 9.14. The van der Waals surface area contributed by atoms with Crippen LogP contribution >= 0.6 is 0 Å². The Morgan fingerprint density at radius 3 is 3.00 bits per heavy atom. The highest BCUT2D eigenvalue weighted by Crippen LogP contribution is 2.23. The summed E-state index contributed by atoms with van der Waals surface area (Å²) in [6.07, 6.45) is 1.78. The van der Waals surface area contributed by atoms with E-state index in [9.17, 15) is 0 Å². The second kappa shape index (κ2) is 5.29. The SMILES string of the molecule is CCc1nc(NN)cc(N2CCC(CO)C2)n1. The summed E-state index contributed by atoms with van der Waals surface area (Å²) >= 11 is 0. The second-order valence-electron chi connectivity index (χ2n) is 4.31. The van der Waals surface area contributed by atoms with Gasteiger partial charge in [0.15, 0.2) is 0 Å². The van der Waals surface area contributed by atoms with Crippen LogP contribution in [-0.4, -0.2) is 34.8 Å². The zero-order valence-corrected chi connectivity index (χ0v) is 10.1. The van der Waals surface area contributed by atoms with Gasteiger partial charge in [0, 0.05) is 38.1 Å². The number of rotatable bonds is 4. The van der Waals surface area contributed by atoms with E-state index in [4.69, 9.17) is 10.9 Å². The largest absolute Gasteiger partial charge is 0.396 e. The van der Waals surface area contributed by atoms with E-state index in [1.54, 1.807) is 0 Å². The number of aryl methyl sites for hydroxylation is 1. The first-order chi connectivity index (χ1) is 8.26. The molecule has 1 aliphatic rings. The van der Waals surface area contributed by atoms with E-state index in [0.29, 0.717) is 11.7 Å². The molecule has 1 aliphatic heterocycles. The average Bonchev–Trinajstić information content (AvgIpc) is 2.86. The van der Waals surface area contributed by atoms with Gasteiger partial charge in [-0.25, -0.2) is 15.8 Å². The molecule has 2 heterocycles. The topological polar surface area (TPSA) is 87.3 Å². The van der Waals surface area contributed by atoms with Gasteiger partial charge < -0.3 is 15.4 Å². The van der Waals surface area contributed by atoms with Gasteiger partial charge in [-0.3, -0.25) is 0 Å². The number of anilines is 2. The van der Waals surface area contributed by atoms with Crippen molar-refractivity contribution in [1.82, 2.24) is 9.97 Å². The lowest BCUT2D eigenvalue weighted by atomic mass is 10.1. The lowest BCUT2D eigenvalue weighted by Crippen LogP contribution is -2.23. The number of aliphatic hydroxyl groups is 1. The van der Waals surface area contributed by atoms with Crippen LogP contribution in [-0.2, 0) is 6.42 Å². The average molecular weight is 237 g/mol. The van der Waals surface area contributed by atoms with Crippen LogP contribution in [0.25, 0.3) is 0 Å². The first kappa shape index (κ1) is 12.1. The lowest BCUT2D eigenvalue weighted by molar-refractivity contribution is 0.238. The fourth-order valence-corrected chi connectivity index (χ4v) is 2.07. The van der Waals surface area contributed by atoms with Crippen LogP contribution in [0, 0.1) is 5.92 Å². The van der Waals surface area contributed by atoms with E-state index in [1.165, 1.54) is 0 Å². The summed E-state index contributed by atoms with van der Waals surface area (Å²) in [4.78, 5) is 10.9. The van der Waals surface area contributed by atoms with Gasteiger partial charge in [-0.05, 0) is 6.42 Å². The van der Waals surface area contributed by atoms with Crippen LogP contribution in [0.4, 0.5) is 11.6 Å². The van der Waals surface area contributed by atoms with Crippen LogP contribution in [0.3, 0.4) is 0 Å². The number of nitrogens with one attached hydrogen (secondary N) is 1. The molecule has 1 atom stereocenters. The molecule has 0 aliphatic carbocycles. The van der Waals surface area contributed by atoms with Crippen LogP contribution in [0.15, 0.2) is 6.07 Å². The van der Waals surface area contributed by atoms with Gasteiger partial charge in [-0.15, -0.1) is 0 Å². The van der Waals surface area contributed by atoms with E-state index < -0.39 is 0 Å². The Balaban J connectivity index is 2.20. The summed E-state index contributed by atoms with van der Waals surface area (Å²) in [5.41, 5.74) is 2.56. The molecule has 0 spiro atoms.